The van der Waals surface area contributed by atoms with Gasteiger partial charge in [-0.05, 0) is 35.8 Å². The van der Waals surface area contributed by atoms with Gasteiger partial charge in [0, 0.05) is 16.8 Å². The first-order chi connectivity index (χ1) is 14.6. The summed E-state index contributed by atoms with van der Waals surface area (Å²) in [6.07, 6.45) is 1.81. The lowest BCUT2D eigenvalue weighted by atomic mass is 10.1. The lowest BCUT2D eigenvalue weighted by Gasteiger charge is -2.21. The normalized spacial score (nSPS) is 11.2. The molecule has 0 aliphatic carbocycles. The minimum Gasteiger partial charge on any atom is -0.314 e. The molecule has 0 unspecified atom stereocenters. The molecule has 0 spiro atoms. The molecule has 30 heavy (non-hydrogen) atoms. The summed E-state index contributed by atoms with van der Waals surface area (Å²) < 4.78 is 0. The molecule has 0 atom stereocenters. The maximum Gasteiger partial charge on any atom is 0.234 e. The van der Waals surface area contributed by atoms with Gasteiger partial charge in [-0.25, -0.2) is 0 Å². The van der Waals surface area contributed by atoms with Crippen LogP contribution in [0.25, 0.3) is 5.57 Å². The number of nitrogens with zero attached hydrogens (tertiary/aromatic N) is 1. The Hall–Kier alpha value is -3.11. The third-order valence-corrected chi connectivity index (χ3v) is 5.57. The fraction of sp³-hybridized carbons (Fsp3) is 0.154. The van der Waals surface area contributed by atoms with Crippen LogP contribution in [-0.4, -0.2) is 22.3 Å². The third kappa shape index (κ3) is 6.75. The van der Waals surface area contributed by atoms with Crippen LogP contribution in [0.3, 0.4) is 0 Å². The number of rotatable bonds is 9. The zero-order valence-corrected chi connectivity index (χ0v) is 17.8. The predicted octanol–water partition coefficient (Wildman–Crippen LogP) is 5.83. The maximum absolute atomic E-state index is 12.9. The number of carbonyl (C=O) groups is 2. The van der Waals surface area contributed by atoms with E-state index >= 15 is 0 Å². The van der Waals surface area contributed by atoms with Crippen molar-refractivity contribution in [2.75, 3.05) is 5.75 Å². The van der Waals surface area contributed by atoms with Crippen molar-refractivity contribution in [2.24, 2.45) is 0 Å². The monoisotopic (exact) mass is 415 g/mol. The number of carbonyl (C=O) groups excluding carboxylic acids is 2. The van der Waals surface area contributed by atoms with Crippen LogP contribution in [0.2, 0.25) is 0 Å². The first-order valence-electron chi connectivity index (χ1n) is 9.88. The SMILES string of the molecule is CC(=O)CC(=O)N(/C=C(\CSc1ccccc1)c1ccccc1)Cc1ccccc1. The fourth-order valence-corrected chi connectivity index (χ4v) is 3.93. The average Bonchev–Trinajstić information content (AvgIpc) is 2.77. The molecule has 3 aromatic carbocycles. The summed E-state index contributed by atoms with van der Waals surface area (Å²) in [5.74, 6) is 0.392. The molecule has 0 N–H and O–H groups in total. The Labute approximate surface area is 182 Å². The van der Waals surface area contributed by atoms with E-state index in [2.05, 4.69) is 12.1 Å². The molecule has 4 heteroatoms. The van der Waals surface area contributed by atoms with Gasteiger partial charge in [-0.3, -0.25) is 9.59 Å². The zero-order valence-electron chi connectivity index (χ0n) is 17.0. The van der Waals surface area contributed by atoms with Gasteiger partial charge in [0.2, 0.25) is 5.91 Å². The van der Waals surface area contributed by atoms with Crippen molar-refractivity contribution in [2.45, 2.75) is 24.8 Å². The van der Waals surface area contributed by atoms with Gasteiger partial charge in [0.1, 0.15) is 5.78 Å². The van der Waals surface area contributed by atoms with E-state index in [4.69, 9.17) is 0 Å². The second-order valence-electron chi connectivity index (χ2n) is 7.01. The number of thioether (sulfide) groups is 1. The minimum atomic E-state index is -0.190. The van der Waals surface area contributed by atoms with E-state index in [0.717, 1.165) is 16.7 Å². The van der Waals surface area contributed by atoms with E-state index in [9.17, 15) is 9.59 Å². The summed E-state index contributed by atoms with van der Waals surface area (Å²) in [5.41, 5.74) is 3.13. The molecule has 3 rings (SSSR count). The van der Waals surface area contributed by atoms with Gasteiger partial charge in [0.15, 0.2) is 0 Å². The molecule has 0 aliphatic rings. The standard InChI is InChI=1S/C26H25NO2S/c1-21(28)17-26(29)27(18-22-11-5-2-6-12-22)19-24(23-13-7-3-8-14-23)20-30-25-15-9-4-10-16-25/h2-16,19H,17-18,20H2,1H3/b24-19+. The lowest BCUT2D eigenvalue weighted by molar-refractivity contribution is -0.133. The maximum atomic E-state index is 12.9. The van der Waals surface area contributed by atoms with Crippen LogP contribution in [0, 0.1) is 0 Å². The highest BCUT2D eigenvalue weighted by atomic mass is 32.2. The van der Waals surface area contributed by atoms with Crippen LogP contribution < -0.4 is 0 Å². The van der Waals surface area contributed by atoms with Gasteiger partial charge < -0.3 is 4.90 Å². The highest BCUT2D eigenvalue weighted by molar-refractivity contribution is 7.99. The van der Waals surface area contributed by atoms with Crippen LogP contribution >= 0.6 is 11.8 Å². The van der Waals surface area contributed by atoms with Crippen LogP contribution in [0.15, 0.2) is 102 Å². The Balaban J connectivity index is 1.91. The molecule has 152 valence electrons. The van der Waals surface area contributed by atoms with Gasteiger partial charge in [-0.15, -0.1) is 11.8 Å². The third-order valence-electron chi connectivity index (χ3n) is 4.51. The summed E-state index contributed by atoms with van der Waals surface area (Å²) in [7, 11) is 0. The van der Waals surface area contributed by atoms with Crippen LogP contribution in [0.5, 0.6) is 0 Å². The van der Waals surface area contributed by atoms with Crippen molar-refractivity contribution in [3.63, 3.8) is 0 Å². The van der Waals surface area contributed by atoms with Gasteiger partial charge >= 0.3 is 0 Å². The smallest absolute Gasteiger partial charge is 0.234 e. The molecule has 0 fully saturated rings. The van der Waals surface area contributed by atoms with Crippen LogP contribution in [0.1, 0.15) is 24.5 Å². The Morgan fingerprint density at radius 3 is 2.00 bits per heavy atom. The van der Waals surface area contributed by atoms with E-state index < -0.39 is 0 Å². The van der Waals surface area contributed by atoms with Gasteiger partial charge in [-0.1, -0.05) is 78.9 Å². The van der Waals surface area contributed by atoms with E-state index in [-0.39, 0.29) is 18.1 Å². The summed E-state index contributed by atoms with van der Waals surface area (Å²) in [6.45, 7) is 1.88. The Morgan fingerprint density at radius 1 is 0.833 bits per heavy atom. The number of amides is 1. The van der Waals surface area contributed by atoms with Crippen LogP contribution in [-0.2, 0) is 16.1 Å². The molecule has 0 aromatic heterocycles. The molecule has 0 saturated heterocycles. The second-order valence-corrected chi connectivity index (χ2v) is 8.06. The van der Waals surface area contributed by atoms with Crippen molar-refractivity contribution in [3.05, 3.63) is 108 Å². The largest absolute Gasteiger partial charge is 0.314 e. The van der Waals surface area contributed by atoms with Crippen molar-refractivity contribution in [3.8, 4) is 0 Å². The lowest BCUT2D eigenvalue weighted by Crippen LogP contribution is -2.27. The minimum absolute atomic E-state index is 0.1000. The molecular formula is C26H25NO2S. The van der Waals surface area contributed by atoms with Crippen molar-refractivity contribution < 1.29 is 9.59 Å². The molecule has 1 amide bonds. The predicted molar refractivity (Wildman–Crippen MR) is 124 cm³/mol. The number of hydrogen-bond acceptors (Lipinski definition) is 3. The topological polar surface area (TPSA) is 37.4 Å². The Kier molecular flexibility index (Phi) is 8.04. The number of hydrogen-bond donors (Lipinski definition) is 0. The number of Topliss-reactive ketones (excluding diaryl/α,β-unsaturated/α-hetero) is 1. The van der Waals surface area contributed by atoms with Crippen molar-refractivity contribution in [1.82, 2.24) is 4.90 Å². The molecule has 0 heterocycles. The van der Waals surface area contributed by atoms with E-state index in [0.29, 0.717) is 12.3 Å². The van der Waals surface area contributed by atoms with Crippen molar-refractivity contribution in [1.29, 1.82) is 0 Å². The number of ketones is 1. The van der Waals surface area contributed by atoms with Crippen LogP contribution in [0.4, 0.5) is 0 Å². The second kappa shape index (κ2) is 11.2. The first kappa shape index (κ1) is 21.6. The highest BCUT2D eigenvalue weighted by Gasteiger charge is 2.16. The molecule has 0 radical (unpaired) electrons. The first-order valence-corrected chi connectivity index (χ1v) is 10.9. The van der Waals surface area contributed by atoms with E-state index in [1.54, 1.807) is 16.7 Å². The Bertz CT molecular complexity index is 985. The summed E-state index contributed by atoms with van der Waals surface area (Å²) in [6, 6.07) is 30.1. The van der Waals surface area contributed by atoms with Gasteiger partial charge in [-0.2, -0.15) is 0 Å². The fourth-order valence-electron chi connectivity index (χ4n) is 3.01. The Morgan fingerprint density at radius 2 is 1.40 bits per heavy atom. The summed E-state index contributed by atoms with van der Waals surface area (Å²) in [4.78, 5) is 27.3. The van der Waals surface area contributed by atoms with Gasteiger partial charge in [0.25, 0.3) is 0 Å². The van der Waals surface area contributed by atoms with E-state index in [1.807, 2.05) is 85.1 Å². The van der Waals surface area contributed by atoms with Crippen molar-refractivity contribution >= 4 is 29.0 Å². The molecule has 3 aromatic rings. The average molecular weight is 416 g/mol. The quantitative estimate of drug-likeness (QED) is 0.326. The summed E-state index contributed by atoms with van der Waals surface area (Å²) >= 11 is 1.72. The zero-order chi connectivity index (χ0) is 21.2. The highest BCUT2D eigenvalue weighted by Crippen LogP contribution is 2.26. The van der Waals surface area contributed by atoms with Gasteiger partial charge in [0.05, 0.1) is 13.0 Å². The van der Waals surface area contributed by atoms with E-state index in [1.165, 1.54) is 11.8 Å². The molecule has 3 nitrogen and oxygen atoms in total. The molecule has 0 aliphatic heterocycles. The molecule has 0 saturated carbocycles. The number of benzene rings is 3. The molecule has 0 bridgehead atoms. The molecular weight excluding hydrogens is 390 g/mol. The summed E-state index contributed by atoms with van der Waals surface area (Å²) in [5, 5.41) is 0.